The largest absolute Gasteiger partial charge is 0.545 e. The molecule has 0 unspecified atom stereocenters. The van der Waals surface area contributed by atoms with Crippen LogP contribution in [0, 0.1) is 0 Å². The van der Waals surface area contributed by atoms with Crippen molar-refractivity contribution in [3.63, 3.8) is 0 Å². The molecule has 0 N–H and O–H groups in total. The number of aromatic carboxylic acids is 1. The monoisotopic (exact) mass is 261 g/mol. The molecule has 0 saturated heterocycles. The second kappa shape index (κ2) is 5.56. The predicted octanol–water partition coefficient (Wildman–Crippen LogP) is 2.28. The molecular formula is C14H10ClO3-. The molecule has 0 radical (unpaired) electrons. The SMILES string of the molecule is O=C([O-])c1ccccc1COc1ccccc1Cl. The Bertz CT molecular complexity index is 566. The van der Waals surface area contributed by atoms with Gasteiger partial charge in [-0.25, -0.2) is 0 Å². The molecule has 0 aliphatic rings. The molecule has 4 heteroatoms. The van der Waals surface area contributed by atoms with Gasteiger partial charge in [-0.15, -0.1) is 0 Å². The van der Waals surface area contributed by atoms with Crippen molar-refractivity contribution >= 4 is 17.6 Å². The van der Waals surface area contributed by atoms with Crippen LogP contribution in [-0.4, -0.2) is 5.97 Å². The number of carboxylic acids is 1. The highest BCUT2D eigenvalue weighted by Crippen LogP contribution is 2.24. The third-order valence-electron chi connectivity index (χ3n) is 2.46. The maximum atomic E-state index is 10.9. The smallest absolute Gasteiger partial charge is 0.138 e. The standard InChI is InChI=1S/C14H11ClO3/c15-12-7-3-4-8-13(12)18-9-10-5-1-2-6-11(10)14(16)17/h1-8H,9H2,(H,16,17)/p-1. The number of ether oxygens (including phenoxy) is 1. The topological polar surface area (TPSA) is 49.4 Å². The van der Waals surface area contributed by atoms with Gasteiger partial charge in [-0.1, -0.05) is 48.0 Å². The summed E-state index contributed by atoms with van der Waals surface area (Å²) in [7, 11) is 0. The highest BCUT2D eigenvalue weighted by molar-refractivity contribution is 6.32. The van der Waals surface area contributed by atoms with Gasteiger partial charge in [-0.3, -0.25) is 0 Å². The summed E-state index contributed by atoms with van der Waals surface area (Å²) in [6, 6.07) is 13.6. The first-order chi connectivity index (χ1) is 8.68. The first-order valence-corrected chi connectivity index (χ1v) is 5.73. The second-order valence-electron chi connectivity index (χ2n) is 3.66. The molecule has 0 amide bonds. The molecule has 0 atom stereocenters. The molecule has 0 aliphatic carbocycles. The Kier molecular flexibility index (Phi) is 3.85. The number of benzene rings is 2. The van der Waals surface area contributed by atoms with Crippen LogP contribution in [-0.2, 0) is 6.61 Å². The zero-order valence-corrected chi connectivity index (χ0v) is 10.2. The molecule has 2 rings (SSSR count). The van der Waals surface area contributed by atoms with Crippen molar-refractivity contribution in [1.29, 1.82) is 0 Å². The maximum Gasteiger partial charge on any atom is 0.138 e. The van der Waals surface area contributed by atoms with Crippen LogP contribution in [0.3, 0.4) is 0 Å². The lowest BCUT2D eigenvalue weighted by molar-refractivity contribution is -0.255. The predicted molar refractivity (Wildman–Crippen MR) is 66.6 cm³/mol. The van der Waals surface area contributed by atoms with Crippen LogP contribution in [0.5, 0.6) is 5.75 Å². The quantitative estimate of drug-likeness (QED) is 0.848. The average molecular weight is 262 g/mol. The molecule has 18 heavy (non-hydrogen) atoms. The molecule has 0 aromatic heterocycles. The van der Waals surface area contributed by atoms with E-state index in [0.29, 0.717) is 16.3 Å². The van der Waals surface area contributed by atoms with Gasteiger partial charge in [0.1, 0.15) is 12.4 Å². The van der Waals surface area contributed by atoms with Crippen LogP contribution >= 0.6 is 11.6 Å². The van der Waals surface area contributed by atoms with E-state index in [1.54, 1.807) is 42.5 Å². The van der Waals surface area contributed by atoms with Crippen molar-refractivity contribution in [3.8, 4) is 5.75 Å². The van der Waals surface area contributed by atoms with Gasteiger partial charge in [0.15, 0.2) is 0 Å². The Morgan fingerprint density at radius 2 is 1.78 bits per heavy atom. The van der Waals surface area contributed by atoms with Gasteiger partial charge in [-0.2, -0.15) is 0 Å². The van der Waals surface area contributed by atoms with E-state index >= 15 is 0 Å². The lowest BCUT2D eigenvalue weighted by Crippen LogP contribution is -2.24. The van der Waals surface area contributed by atoms with Crippen LogP contribution < -0.4 is 9.84 Å². The third kappa shape index (κ3) is 2.81. The van der Waals surface area contributed by atoms with Gasteiger partial charge < -0.3 is 14.6 Å². The maximum absolute atomic E-state index is 10.9. The molecule has 0 aliphatic heterocycles. The number of carboxylic acid groups (broad SMARTS) is 1. The van der Waals surface area contributed by atoms with E-state index in [9.17, 15) is 9.90 Å². The summed E-state index contributed by atoms with van der Waals surface area (Å²) in [5.74, 6) is -0.694. The molecule has 92 valence electrons. The Morgan fingerprint density at radius 1 is 1.11 bits per heavy atom. The van der Waals surface area contributed by atoms with Crippen molar-refractivity contribution in [3.05, 3.63) is 64.7 Å². The number of carbonyl (C=O) groups is 1. The van der Waals surface area contributed by atoms with Crippen molar-refractivity contribution in [2.45, 2.75) is 6.61 Å². The molecular weight excluding hydrogens is 252 g/mol. The number of halogens is 1. The van der Waals surface area contributed by atoms with E-state index < -0.39 is 5.97 Å². The van der Waals surface area contributed by atoms with E-state index in [0.717, 1.165) is 0 Å². The first kappa shape index (κ1) is 12.5. The fourth-order valence-electron chi connectivity index (χ4n) is 1.56. The van der Waals surface area contributed by atoms with Gasteiger partial charge in [0.05, 0.1) is 11.0 Å². The van der Waals surface area contributed by atoms with E-state index in [-0.39, 0.29) is 12.2 Å². The van der Waals surface area contributed by atoms with Crippen LogP contribution in [0.1, 0.15) is 15.9 Å². The summed E-state index contributed by atoms with van der Waals surface area (Å²) in [5.41, 5.74) is 0.682. The summed E-state index contributed by atoms with van der Waals surface area (Å²) >= 11 is 5.94. The molecule has 0 bridgehead atoms. The molecule has 0 saturated carbocycles. The Balaban J connectivity index is 2.16. The van der Waals surface area contributed by atoms with Crippen molar-refractivity contribution in [2.24, 2.45) is 0 Å². The summed E-state index contributed by atoms with van der Waals surface area (Å²) in [6.07, 6.45) is 0. The molecule has 0 fully saturated rings. The van der Waals surface area contributed by atoms with Gasteiger partial charge in [-0.05, 0) is 17.7 Å². The van der Waals surface area contributed by atoms with E-state index in [2.05, 4.69) is 0 Å². The fraction of sp³-hybridized carbons (Fsp3) is 0.0714. The Hall–Kier alpha value is -2.00. The Morgan fingerprint density at radius 3 is 2.50 bits per heavy atom. The minimum Gasteiger partial charge on any atom is -0.545 e. The molecule has 2 aromatic carbocycles. The lowest BCUT2D eigenvalue weighted by Gasteiger charge is -2.12. The Labute approximate surface area is 110 Å². The van der Waals surface area contributed by atoms with Crippen LogP contribution in [0.2, 0.25) is 5.02 Å². The fourth-order valence-corrected chi connectivity index (χ4v) is 1.75. The number of para-hydroxylation sites is 1. The summed E-state index contributed by atoms with van der Waals surface area (Å²) in [5, 5.41) is 11.4. The lowest BCUT2D eigenvalue weighted by atomic mass is 10.1. The van der Waals surface area contributed by atoms with E-state index in [4.69, 9.17) is 16.3 Å². The molecule has 3 nitrogen and oxygen atoms in total. The molecule has 0 spiro atoms. The summed E-state index contributed by atoms with van der Waals surface area (Å²) in [6.45, 7) is 0.133. The minimum atomic E-state index is -1.21. The van der Waals surface area contributed by atoms with Crippen molar-refractivity contribution in [2.75, 3.05) is 0 Å². The van der Waals surface area contributed by atoms with Crippen LogP contribution in [0.25, 0.3) is 0 Å². The van der Waals surface area contributed by atoms with Gasteiger partial charge in [0, 0.05) is 5.56 Å². The number of rotatable bonds is 4. The van der Waals surface area contributed by atoms with Crippen molar-refractivity contribution in [1.82, 2.24) is 0 Å². The van der Waals surface area contributed by atoms with Crippen LogP contribution in [0.4, 0.5) is 0 Å². The normalized spacial score (nSPS) is 10.1. The van der Waals surface area contributed by atoms with E-state index in [1.807, 2.05) is 0 Å². The van der Waals surface area contributed by atoms with Gasteiger partial charge in [0.2, 0.25) is 0 Å². The molecule has 0 heterocycles. The van der Waals surface area contributed by atoms with Gasteiger partial charge in [0.25, 0.3) is 0 Å². The van der Waals surface area contributed by atoms with Crippen molar-refractivity contribution < 1.29 is 14.6 Å². The summed E-state index contributed by atoms with van der Waals surface area (Å²) < 4.78 is 5.49. The van der Waals surface area contributed by atoms with Crippen LogP contribution in [0.15, 0.2) is 48.5 Å². The number of carbonyl (C=O) groups excluding carboxylic acids is 1. The first-order valence-electron chi connectivity index (χ1n) is 5.35. The third-order valence-corrected chi connectivity index (χ3v) is 2.77. The molecule has 2 aromatic rings. The summed E-state index contributed by atoms with van der Waals surface area (Å²) in [4.78, 5) is 10.9. The van der Waals surface area contributed by atoms with E-state index in [1.165, 1.54) is 6.07 Å². The minimum absolute atomic E-state index is 0.129. The highest BCUT2D eigenvalue weighted by atomic mass is 35.5. The average Bonchev–Trinajstić information content (AvgIpc) is 2.38. The second-order valence-corrected chi connectivity index (χ2v) is 4.07. The highest BCUT2D eigenvalue weighted by Gasteiger charge is 2.05. The van der Waals surface area contributed by atoms with Gasteiger partial charge >= 0.3 is 0 Å². The number of hydrogen-bond donors (Lipinski definition) is 0. The zero-order valence-electron chi connectivity index (χ0n) is 9.43. The number of hydrogen-bond acceptors (Lipinski definition) is 3. The zero-order chi connectivity index (χ0) is 13.0.